The van der Waals surface area contributed by atoms with Crippen molar-refractivity contribution in [2.75, 3.05) is 0 Å². The standard InChI is InChI=1S/C14H15ClO/c1-3-5-14(11(4-2)10-16)12-6-8-13(15)9-7-12/h3,5-11H,1,4H2,2H3/b14-5+. The molecule has 1 rings (SSSR count). The van der Waals surface area contributed by atoms with Crippen molar-refractivity contribution in [3.63, 3.8) is 0 Å². The summed E-state index contributed by atoms with van der Waals surface area (Å²) in [5.41, 5.74) is 2.01. The number of benzene rings is 1. The normalized spacial score (nSPS) is 13.2. The largest absolute Gasteiger partial charge is 0.303 e. The first-order valence-electron chi connectivity index (χ1n) is 5.26. The minimum Gasteiger partial charge on any atom is -0.303 e. The molecule has 84 valence electrons. The van der Waals surface area contributed by atoms with Crippen molar-refractivity contribution in [2.24, 2.45) is 5.92 Å². The van der Waals surface area contributed by atoms with Crippen molar-refractivity contribution in [2.45, 2.75) is 13.3 Å². The highest BCUT2D eigenvalue weighted by atomic mass is 35.5. The molecule has 0 amide bonds. The molecule has 1 aromatic carbocycles. The third kappa shape index (κ3) is 3.07. The van der Waals surface area contributed by atoms with Crippen LogP contribution in [-0.2, 0) is 4.79 Å². The van der Waals surface area contributed by atoms with Crippen LogP contribution in [0.15, 0.2) is 43.0 Å². The first kappa shape index (κ1) is 12.7. The van der Waals surface area contributed by atoms with E-state index in [4.69, 9.17) is 11.6 Å². The van der Waals surface area contributed by atoms with E-state index < -0.39 is 0 Å². The van der Waals surface area contributed by atoms with Gasteiger partial charge in [0.05, 0.1) is 0 Å². The third-order valence-corrected chi connectivity index (χ3v) is 2.73. The van der Waals surface area contributed by atoms with Crippen LogP contribution < -0.4 is 0 Å². The van der Waals surface area contributed by atoms with Crippen molar-refractivity contribution in [3.05, 3.63) is 53.6 Å². The van der Waals surface area contributed by atoms with Crippen molar-refractivity contribution in [1.29, 1.82) is 0 Å². The van der Waals surface area contributed by atoms with E-state index in [9.17, 15) is 4.79 Å². The average molecular weight is 235 g/mol. The molecule has 0 aliphatic heterocycles. The summed E-state index contributed by atoms with van der Waals surface area (Å²) in [4.78, 5) is 11.0. The lowest BCUT2D eigenvalue weighted by Crippen LogP contribution is -2.03. The van der Waals surface area contributed by atoms with Crippen LogP contribution in [0.1, 0.15) is 18.9 Å². The monoisotopic (exact) mass is 234 g/mol. The summed E-state index contributed by atoms with van der Waals surface area (Å²) in [7, 11) is 0. The molecule has 1 atom stereocenters. The predicted molar refractivity (Wildman–Crippen MR) is 69.5 cm³/mol. The molecule has 0 fully saturated rings. The zero-order chi connectivity index (χ0) is 12.0. The van der Waals surface area contributed by atoms with Gasteiger partial charge in [-0.15, -0.1) is 0 Å². The topological polar surface area (TPSA) is 17.1 Å². The van der Waals surface area contributed by atoms with E-state index in [1.54, 1.807) is 6.08 Å². The van der Waals surface area contributed by atoms with Crippen LogP contribution in [0.25, 0.3) is 5.57 Å². The molecule has 0 radical (unpaired) electrons. The predicted octanol–water partition coefficient (Wildman–Crippen LogP) is 4.13. The second-order valence-corrected chi connectivity index (χ2v) is 3.95. The SMILES string of the molecule is C=C/C=C(/c1ccc(Cl)cc1)C(C=O)CC. The Bertz CT molecular complexity index is 390. The summed E-state index contributed by atoms with van der Waals surface area (Å²) in [5.74, 6) is -0.0841. The van der Waals surface area contributed by atoms with Gasteiger partial charge in [0.2, 0.25) is 0 Å². The third-order valence-electron chi connectivity index (χ3n) is 2.48. The van der Waals surface area contributed by atoms with Gasteiger partial charge in [-0.3, -0.25) is 0 Å². The van der Waals surface area contributed by atoms with Crippen molar-refractivity contribution in [3.8, 4) is 0 Å². The van der Waals surface area contributed by atoms with E-state index in [1.807, 2.05) is 37.3 Å². The maximum atomic E-state index is 11.0. The minimum absolute atomic E-state index is 0.0841. The van der Waals surface area contributed by atoms with Crippen LogP contribution in [0.5, 0.6) is 0 Å². The maximum absolute atomic E-state index is 11.0. The van der Waals surface area contributed by atoms with Gasteiger partial charge < -0.3 is 4.79 Å². The van der Waals surface area contributed by atoms with E-state index in [2.05, 4.69) is 6.58 Å². The van der Waals surface area contributed by atoms with Gasteiger partial charge in [-0.05, 0) is 29.7 Å². The minimum atomic E-state index is -0.0841. The number of halogens is 1. The summed E-state index contributed by atoms with van der Waals surface area (Å²) in [6.45, 7) is 5.67. The van der Waals surface area contributed by atoms with E-state index >= 15 is 0 Å². The molecular formula is C14H15ClO. The molecule has 1 unspecified atom stereocenters. The van der Waals surface area contributed by atoms with Gasteiger partial charge in [0.1, 0.15) is 6.29 Å². The fourth-order valence-electron chi connectivity index (χ4n) is 1.59. The van der Waals surface area contributed by atoms with E-state index in [0.717, 1.165) is 23.8 Å². The van der Waals surface area contributed by atoms with E-state index in [1.165, 1.54) is 0 Å². The highest BCUT2D eigenvalue weighted by molar-refractivity contribution is 6.30. The molecule has 0 aliphatic rings. The van der Waals surface area contributed by atoms with Crippen LogP contribution in [0, 0.1) is 5.92 Å². The first-order valence-corrected chi connectivity index (χ1v) is 5.64. The van der Waals surface area contributed by atoms with Gasteiger partial charge in [-0.25, -0.2) is 0 Å². The summed E-state index contributed by atoms with van der Waals surface area (Å²) in [5, 5.41) is 0.695. The van der Waals surface area contributed by atoms with Gasteiger partial charge in [0, 0.05) is 10.9 Å². The summed E-state index contributed by atoms with van der Waals surface area (Å²) < 4.78 is 0. The Kier molecular flexibility index (Phi) is 5.00. The number of aldehydes is 1. The fourth-order valence-corrected chi connectivity index (χ4v) is 1.72. The summed E-state index contributed by atoms with van der Waals surface area (Å²) in [6.07, 6.45) is 5.34. The lowest BCUT2D eigenvalue weighted by molar-refractivity contribution is -0.109. The van der Waals surface area contributed by atoms with Crippen molar-refractivity contribution >= 4 is 23.5 Å². The van der Waals surface area contributed by atoms with Crippen LogP contribution in [-0.4, -0.2) is 6.29 Å². The van der Waals surface area contributed by atoms with Crippen LogP contribution in [0.2, 0.25) is 5.02 Å². The smallest absolute Gasteiger partial charge is 0.127 e. The molecule has 0 saturated heterocycles. The van der Waals surface area contributed by atoms with Gasteiger partial charge in [0.25, 0.3) is 0 Å². The van der Waals surface area contributed by atoms with E-state index in [0.29, 0.717) is 5.02 Å². The Balaban J connectivity index is 3.12. The molecule has 0 aromatic heterocycles. The van der Waals surface area contributed by atoms with E-state index in [-0.39, 0.29) is 5.92 Å². The van der Waals surface area contributed by atoms with Gasteiger partial charge >= 0.3 is 0 Å². The number of hydrogen-bond acceptors (Lipinski definition) is 1. The molecule has 1 aromatic rings. The second-order valence-electron chi connectivity index (χ2n) is 3.52. The molecule has 0 aliphatic carbocycles. The highest BCUT2D eigenvalue weighted by Crippen LogP contribution is 2.25. The zero-order valence-corrected chi connectivity index (χ0v) is 10.1. The first-order chi connectivity index (χ1) is 7.72. The Morgan fingerprint density at radius 1 is 1.44 bits per heavy atom. The molecule has 16 heavy (non-hydrogen) atoms. The Morgan fingerprint density at radius 3 is 2.50 bits per heavy atom. The number of carbonyl (C=O) groups is 1. The summed E-state index contributed by atoms with van der Waals surface area (Å²) >= 11 is 5.83. The molecule has 1 nitrogen and oxygen atoms in total. The Labute approximate surface area is 101 Å². The number of allylic oxidation sites excluding steroid dienone is 3. The molecule has 0 spiro atoms. The molecule has 2 heteroatoms. The second kappa shape index (κ2) is 6.29. The van der Waals surface area contributed by atoms with Crippen LogP contribution >= 0.6 is 11.6 Å². The van der Waals surface area contributed by atoms with Gasteiger partial charge in [0.15, 0.2) is 0 Å². The quantitative estimate of drug-likeness (QED) is 0.553. The maximum Gasteiger partial charge on any atom is 0.127 e. The lowest BCUT2D eigenvalue weighted by atomic mass is 9.91. The number of hydrogen-bond donors (Lipinski definition) is 0. The summed E-state index contributed by atoms with van der Waals surface area (Å²) in [6, 6.07) is 7.49. The molecular weight excluding hydrogens is 220 g/mol. The Morgan fingerprint density at radius 2 is 2.06 bits per heavy atom. The number of rotatable bonds is 5. The molecule has 0 saturated carbocycles. The molecule has 0 heterocycles. The fraction of sp³-hybridized carbons (Fsp3) is 0.214. The zero-order valence-electron chi connectivity index (χ0n) is 9.32. The highest BCUT2D eigenvalue weighted by Gasteiger charge is 2.12. The van der Waals surface area contributed by atoms with Crippen molar-refractivity contribution in [1.82, 2.24) is 0 Å². The molecule has 0 N–H and O–H groups in total. The van der Waals surface area contributed by atoms with Crippen molar-refractivity contribution < 1.29 is 4.79 Å². The Hall–Kier alpha value is -1.34. The van der Waals surface area contributed by atoms with Gasteiger partial charge in [-0.2, -0.15) is 0 Å². The molecule has 0 bridgehead atoms. The number of carbonyl (C=O) groups excluding carboxylic acids is 1. The van der Waals surface area contributed by atoms with Crippen LogP contribution in [0.4, 0.5) is 0 Å². The van der Waals surface area contributed by atoms with Gasteiger partial charge in [-0.1, -0.05) is 49.4 Å². The van der Waals surface area contributed by atoms with Crippen LogP contribution in [0.3, 0.4) is 0 Å². The lowest BCUT2D eigenvalue weighted by Gasteiger charge is -2.13. The average Bonchev–Trinajstić information content (AvgIpc) is 2.31.